The summed E-state index contributed by atoms with van der Waals surface area (Å²) in [5.41, 5.74) is 5.68. The zero-order valence-electron chi connectivity index (χ0n) is 14.7. The summed E-state index contributed by atoms with van der Waals surface area (Å²) in [4.78, 5) is 35.8. The molecule has 1 heterocycles. The lowest BCUT2D eigenvalue weighted by Gasteiger charge is -2.18. The van der Waals surface area contributed by atoms with Crippen molar-refractivity contribution in [2.45, 2.75) is 38.8 Å². The van der Waals surface area contributed by atoms with Crippen molar-refractivity contribution in [1.29, 1.82) is 0 Å². The Labute approximate surface area is 150 Å². The number of benzene rings is 1. The lowest BCUT2D eigenvalue weighted by atomic mass is 10.1. The molecule has 0 unspecified atom stereocenters. The minimum atomic E-state index is -1.29. The van der Waals surface area contributed by atoms with Gasteiger partial charge in [0.2, 0.25) is 5.91 Å². The summed E-state index contributed by atoms with van der Waals surface area (Å²) < 4.78 is 5.24. The van der Waals surface area contributed by atoms with Crippen LogP contribution in [0.1, 0.15) is 34.2 Å². The molecule has 7 nitrogen and oxygen atoms in total. The van der Waals surface area contributed by atoms with Crippen molar-refractivity contribution in [3.8, 4) is 0 Å². The topological polar surface area (TPSA) is 123 Å². The molecule has 2 rings (SSSR count). The average molecular weight is 358 g/mol. The standard InChI is InChI=1S/C19H22N2O5/c1-11-10-14(9-8-13-6-4-3-5-7-13)26-19(25)15(11)18(24)21-16(12(2)22)17(20)23/h3-7,10,12,16,22H,8-9H2,1-2H3,(H2,20,23)(H,21,24)/t12-,16+/m1/s1. The van der Waals surface area contributed by atoms with E-state index < -0.39 is 29.6 Å². The first-order chi connectivity index (χ1) is 12.3. The molecule has 2 atom stereocenters. The fourth-order valence-electron chi connectivity index (χ4n) is 2.62. The molecule has 0 radical (unpaired) electrons. The quantitative estimate of drug-likeness (QED) is 0.672. The van der Waals surface area contributed by atoms with Crippen LogP contribution in [0, 0.1) is 6.92 Å². The maximum absolute atomic E-state index is 12.3. The smallest absolute Gasteiger partial charge is 0.349 e. The number of carbonyl (C=O) groups is 2. The summed E-state index contributed by atoms with van der Waals surface area (Å²) in [7, 11) is 0. The SMILES string of the molecule is Cc1cc(CCc2ccccc2)oc(=O)c1C(=O)N[C@H](C(N)=O)[C@@H](C)O. The minimum Gasteiger partial charge on any atom is -0.427 e. The summed E-state index contributed by atoms with van der Waals surface area (Å²) in [6, 6.07) is 10.1. The normalized spacial score (nSPS) is 13.0. The Kier molecular flexibility index (Phi) is 6.30. The Morgan fingerprint density at radius 1 is 1.23 bits per heavy atom. The van der Waals surface area contributed by atoms with Crippen molar-refractivity contribution < 1.29 is 19.1 Å². The third-order valence-electron chi connectivity index (χ3n) is 4.01. The van der Waals surface area contributed by atoms with Crippen LogP contribution in [-0.4, -0.2) is 29.1 Å². The molecule has 0 fully saturated rings. The minimum absolute atomic E-state index is 0.208. The second-order valence-electron chi connectivity index (χ2n) is 6.14. The molecule has 1 aromatic heterocycles. The van der Waals surface area contributed by atoms with E-state index in [1.54, 1.807) is 13.0 Å². The summed E-state index contributed by atoms with van der Waals surface area (Å²) in [6.45, 7) is 2.93. The molecule has 138 valence electrons. The van der Waals surface area contributed by atoms with Crippen LogP contribution < -0.4 is 16.7 Å². The van der Waals surface area contributed by atoms with Gasteiger partial charge in [0.1, 0.15) is 17.4 Å². The van der Waals surface area contributed by atoms with Gasteiger partial charge in [-0.15, -0.1) is 0 Å². The van der Waals surface area contributed by atoms with E-state index in [0.29, 0.717) is 24.2 Å². The first-order valence-corrected chi connectivity index (χ1v) is 8.25. The molecule has 4 N–H and O–H groups in total. The van der Waals surface area contributed by atoms with Gasteiger partial charge in [0.25, 0.3) is 5.91 Å². The van der Waals surface area contributed by atoms with Crippen LogP contribution in [0.4, 0.5) is 0 Å². The Hall–Kier alpha value is -2.93. The zero-order chi connectivity index (χ0) is 19.3. The summed E-state index contributed by atoms with van der Waals surface area (Å²) in [5.74, 6) is -1.24. The van der Waals surface area contributed by atoms with E-state index in [2.05, 4.69) is 5.32 Å². The number of hydrogen-bond acceptors (Lipinski definition) is 5. The van der Waals surface area contributed by atoms with Crippen molar-refractivity contribution in [2.24, 2.45) is 5.73 Å². The number of amides is 2. The molecule has 0 saturated carbocycles. The van der Waals surface area contributed by atoms with Crippen LogP contribution in [0.3, 0.4) is 0 Å². The highest BCUT2D eigenvalue weighted by atomic mass is 16.4. The molecule has 0 aliphatic carbocycles. The molecule has 7 heteroatoms. The van der Waals surface area contributed by atoms with Crippen LogP contribution in [0.25, 0.3) is 0 Å². The Morgan fingerprint density at radius 3 is 2.42 bits per heavy atom. The predicted octanol–water partition coefficient (Wildman–Crippen LogP) is 0.698. The van der Waals surface area contributed by atoms with Crippen molar-refractivity contribution in [2.75, 3.05) is 0 Å². The van der Waals surface area contributed by atoms with E-state index in [4.69, 9.17) is 10.2 Å². The molecular formula is C19H22N2O5. The van der Waals surface area contributed by atoms with E-state index in [-0.39, 0.29) is 5.56 Å². The van der Waals surface area contributed by atoms with Crippen molar-refractivity contribution in [3.63, 3.8) is 0 Å². The second kappa shape index (κ2) is 8.44. The number of aliphatic hydroxyl groups excluding tert-OH is 1. The lowest BCUT2D eigenvalue weighted by molar-refractivity contribution is -0.122. The molecule has 0 aliphatic rings. The van der Waals surface area contributed by atoms with Crippen LogP contribution in [0.5, 0.6) is 0 Å². The van der Waals surface area contributed by atoms with Gasteiger partial charge in [0.15, 0.2) is 0 Å². The van der Waals surface area contributed by atoms with Gasteiger partial charge in [0, 0.05) is 6.42 Å². The molecule has 1 aromatic carbocycles. The number of hydrogen-bond donors (Lipinski definition) is 3. The van der Waals surface area contributed by atoms with Gasteiger partial charge in [-0.05, 0) is 37.5 Å². The van der Waals surface area contributed by atoms with Crippen molar-refractivity contribution in [3.05, 3.63) is 69.3 Å². The molecule has 0 aliphatic heterocycles. The zero-order valence-corrected chi connectivity index (χ0v) is 14.7. The van der Waals surface area contributed by atoms with Gasteiger partial charge in [-0.2, -0.15) is 0 Å². The van der Waals surface area contributed by atoms with Gasteiger partial charge in [-0.1, -0.05) is 30.3 Å². The number of primary amides is 1. The number of rotatable bonds is 7. The maximum atomic E-state index is 12.3. The first-order valence-electron chi connectivity index (χ1n) is 8.25. The van der Waals surface area contributed by atoms with Crippen LogP contribution in [0.2, 0.25) is 0 Å². The number of nitrogens with two attached hydrogens (primary N) is 1. The van der Waals surface area contributed by atoms with E-state index in [0.717, 1.165) is 5.56 Å². The maximum Gasteiger partial charge on any atom is 0.349 e. The fraction of sp³-hybridized carbons (Fsp3) is 0.316. The molecule has 26 heavy (non-hydrogen) atoms. The molecule has 0 bridgehead atoms. The lowest BCUT2D eigenvalue weighted by Crippen LogP contribution is -2.51. The number of nitrogens with one attached hydrogen (secondary N) is 1. The molecule has 2 aromatic rings. The molecule has 2 amide bonds. The van der Waals surface area contributed by atoms with Gasteiger partial charge >= 0.3 is 5.63 Å². The second-order valence-corrected chi connectivity index (χ2v) is 6.14. The van der Waals surface area contributed by atoms with Crippen LogP contribution >= 0.6 is 0 Å². The summed E-state index contributed by atoms with van der Waals surface area (Å²) in [6.07, 6.45) is 0.0223. The number of aliphatic hydroxyl groups is 1. The third kappa shape index (κ3) is 4.80. The van der Waals surface area contributed by atoms with Crippen LogP contribution in [0.15, 0.2) is 45.6 Å². The summed E-state index contributed by atoms with van der Waals surface area (Å²) >= 11 is 0. The van der Waals surface area contributed by atoms with Gasteiger partial charge in [-0.3, -0.25) is 9.59 Å². The Bertz CT molecular complexity index is 843. The van der Waals surface area contributed by atoms with Gasteiger partial charge in [-0.25, -0.2) is 4.79 Å². The van der Waals surface area contributed by atoms with Crippen LogP contribution in [-0.2, 0) is 17.6 Å². The fourth-order valence-corrected chi connectivity index (χ4v) is 2.62. The van der Waals surface area contributed by atoms with E-state index in [1.807, 2.05) is 30.3 Å². The first kappa shape index (κ1) is 19.4. The summed E-state index contributed by atoms with van der Waals surface area (Å²) in [5, 5.41) is 11.8. The molecular weight excluding hydrogens is 336 g/mol. The highest BCUT2D eigenvalue weighted by molar-refractivity contribution is 5.98. The van der Waals surface area contributed by atoms with Crippen molar-refractivity contribution in [1.82, 2.24) is 5.32 Å². The highest BCUT2D eigenvalue weighted by Crippen LogP contribution is 2.11. The molecule has 0 saturated heterocycles. The van der Waals surface area contributed by atoms with E-state index in [9.17, 15) is 19.5 Å². The number of aryl methyl sites for hydroxylation is 3. The third-order valence-corrected chi connectivity index (χ3v) is 4.01. The van der Waals surface area contributed by atoms with Gasteiger partial charge < -0.3 is 20.6 Å². The van der Waals surface area contributed by atoms with E-state index >= 15 is 0 Å². The average Bonchev–Trinajstić information content (AvgIpc) is 2.57. The number of carbonyl (C=O) groups excluding carboxylic acids is 2. The Morgan fingerprint density at radius 2 is 1.88 bits per heavy atom. The predicted molar refractivity (Wildman–Crippen MR) is 95.7 cm³/mol. The highest BCUT2D eigenvalue weighted by Gasteiger charge is 2.26. The monoisotopic (exact) mass is 358 g/mol. The van der Waals surface area contributed by atoms with Gasteiger partial charge in [0.05, 0.1) is 6.10 Å². The largest absolute Gasteiger partial charge is 0.427 e. The molecule has 0 spiro atoms. The van der Waals surface area contributed by atoms with E-state index in [1.165, 1.54) is 6.92 Å². The Balaban J connectivity index is 2.17. The van der Waals surface area contributed by atoms with Crippen molar-refractivity contribution >= 4 is 11.8 Å².